The van der Waals surface area contributed by atoms with Crippen LogP contribution >= 0.6 is 0 Å². The fourth-order valence-electron chi connectivity index (χ4n) is 6.78. The van der Waals surface area contributed by atoms with Gasteiger partial charge in [0.05, 0.1) is 0 Å². The van der Waals surface area contributed by atoms with Crippen LogP contribution in [0.5, 0.6) is 0 Å². The normalized spacial score (nSPS) is 28.4. The molecule has 2 fully saturated rings. The molecule has 0 unspecified atom stereocenters. The zero-order valence-electron chi connectivity index (χ0n) is 17.0. The van der Waals surface area contributed by atoms with Gasteiger partial charge in [0.25, 0.3) is 0 Å². The van der Waals surface area contributed by atoms with Gasteiger partial charge < -0.3 is 0 Å². The minimum atomic E-state index is -3.51. The number of carbonyl (C=O) groups excluding carboxylic acids is 1. The number of hydrogen-bond donors (Lipinski definition) is 0. The van der Waals surface area contributed by atoms with Gasteiger partial charge in [0, 0.05) is 0 Å². The molecule has 0 saturated heterocycles. The van der Waals surface area contributed by atoms with Crippen molar-refractivity contribution >= 4 is 35.4 Å². The van der Waals surface area contributed by atoms with E-state index in [1.807, 2.05) is 0 Å². The van der Waals surface area contributed by atoms with Crippen molar-refractivity contribution in [3.8, 4) is 0 Å². The molecular formula is C27H28OSn. The molecule has 3 aromatic rings. The third-order valence-corrected chi connectivity index (χ3v) is 24.3. The van der Waals surface area contributed by atoms with Crippen molar-refractivity contribution in [1.29, 1.82) is 0 Å². The van der Waals surface area contributed by atoms with Crippen molar-refractivity contribution in [1.82, 2.24) is 0 Å². The first kappa shape index (κ1) is 19.1. The van der Waals surface area contributed by atoms with Crippen LogP contribution in [0.25, 0.3) is 0 Å². The minimum absolute atomic E-state index is 0.222. The summed E-state index contributed by atoms with van der Waals surface area (Å²) in [5, 5.41) is 0. The SMILES string of the molecule is C[C@]1(C=O)[C@@H]2CC[C@@H](C2)[C@H]1[Sn]([c]1ccccc1)([c]1ccccc1)[c]1ccccc1. The van der Waals surface area contributed by atoms with Gasteiger partial charge in [0.2, 0.25) is 0 Å². The Morgan fingerprint density at radius 3 is 1.62 bits per heavy atom. The van der Waals surface area contributed by atoms with Crippen molar-refractivity contribution in [3.05, 3.63) is 91.0 Å². The fraction of sp³-hybridized carbons (Fsp3) is 0.296. The third-order valence-electron chi connectivity index (χ3n) is 7.90. The van der Waals surface area contributed by atoms with Gasteiger partial charge in [-0.2, -0.15) is 0 Å². The standard InChI is InChI=1S/C9H13O.3C6H5.Sn/c1-9(6-10)5-7-2-3-8(9)4-7;3*1-2-4-6-5-3-1;/h5-8H,2-4H2,1H3;3*1-5H;/t7-,8+,9-;;;;/m0..../s1. The van der Waals surface area contributed by atoms with E-state index in [2.05, 4.69) is 97.9 Å². The molecule has 4 atom stereocenters. The van der Waals surface area contributed by atoms with Crippen LogP contribution in [-0.4, -0.2) is 24.7 Å². The van der Waals surface area contributed by atoms with Gasteiger partial charge in [0.1, 0.15) is 0 Å². The van der Waals surface area contributed by atoms with Crippen molar-refractivity contribution in [2.24, 2.45) is 17.3 Å². The van der Waals surface area contributed by atoms with Crippen molar-refractivity contribution in [3.63, 3.8) is 0 Å². The second kappa shape index (κ2) is 7.43. The van der Waals surface area contributed by atoms with Gasteiger partial charge >= 0.3 is 179 Å². The zero-order valence-corrected chi connectivity index (χ0v) is 19.9. The van der Waals surface area contributed by atoms with E-state index in [9.17, 15) is 4.79 Å². The molecule has 2 saturated carbocycles. The topological polar surface area (TPSA) is 17.1 Å². The molecule has 2 bridgehead atoms. The third kappa shape index (κ3) is 2.77. The first-order chi connectivity index (χ1) is 14.2. The Hall–Kier alpha value is -1.87. The Bertz CT molecular complexity index is 888. The fourth-order valence-corrected chi connectivity index (χ4v) is 25.3. The number of hydrogen-bond acceptors (Lipinski definition) is 1. The second-order valence-electron chi connectivity index (χ2n) is 9.14. The molecule has 0 amide bonds. The van der Waals surface area contributed by atoms with Crippen LogP contribution in [-0.2, 0) is 4.79 Å². The molecule has 0 N–H and O–H groups in total. The summed E-state index contributed by atoms with van der Waals surface area (Å²) >= 11 is -3.51. The quantitative estimate of drug-likeness (QED) is 0.391. The van der Waals surface area contributed by atoms with E-state index in [4.69, 9.17) is 0 Å². The summed E-state index contributed by atoms with van der Waals surface area (Å²) in [6.07, 6.45) is 5.08. The van der Waals surface area contributed by atoms with Crippen LogP contribution in [0.4, 0.5) is 0 Å². The van der Waals surface area contributed by atoms with Crippen LogP contribution in [0.2, 0.25) is 3.93 Å². The van der Waals surface area contributed by atoms with Gasteiger partial charge in [-0.15, -0.1) is 0 Å². The van der Waals surface area contributed by atoms with Gasteiger partial charge in [0.15, 0.2) is 0 Å². The van der Waals surface area contributed by atoms with E-state index < -0.39 is 18.4 Å². The van der Waals surface area contributed by atoms with E-state index in [0.29, 0.717) is 15.8 Å². The number of carbonyl (C=O) groups is 1. The van der Waals surface area contributed by atoms with E-state index in [0.717, 1.165) is 0 Å². The summed E-state index contributed by atoms with van der Waals surface area (Å²) in [6, 6.07) is 33.6. The first-order valence-corrected chi connectivity index (χ1v) is 16.8. The molecular weight excluding hydrogens is 459 g/mol. The van der Waals surface area contributed by atoms with Crippen molar-refractivity contribution in [2.75, 3.05) is 0 Å². The van der Waals surface area contributed by atoms with Crippen LogP contribution < -0.4 is 10.7 Å². The summed E-state index contributed by atoms with van der Waals surface area (Å²) in [6.45, 7) is 2.29. The van der Waals surface area contributed by atoms with Gasteiger partial charge in [-0.05, 0) is 0 Å². The summed E-state index contributed by atoms with van der Waals surface area (Å²) in [7, 11) is 0. The van der Waals surface area contributed by atoms with Crippen LogP contribution in [0.1, 0.15) is 26.2 Å². The molecule has 0 heterocycles. The molecule has 146 valence electrons. The van der Waals surface area contributed by atoms with Crippen molar-refractivity contribution < 1.29 is 4.79 Å². The van der Waals surface area contributed by atoms with Crippen LogP contribution in [0.3, 0.4) is 0 Å². The molecule has 2 aliphatic carbocycles. The Morgan fingerprint density at radius 1 is 0.759 bits per heavy atom. The number of rotatable bonds is 5. The predicted octanol–water partition coefficient (Wildman–Crippen LogP) is 4.16. The molecule has 2 aliphatic rings. The van der Waals surface area contributed by atoms with Gasteiger partial charge in [-0.1, -0.05) is 0 Å². The molecule has 1 nitrogen and oxygen atoms in total. The Balaban J connectivity index is 1.88. The zero-order chi connectivity index (χ0) is 19.9. The molecule has 29 heavy (non-hydrogen) atoms. The summed E-state index contributed by atoms with van der Waals surface area (Å²) in [5.41, 5.74) is -0.222. The molecule has 2 heteroatoms. The summed E-state index contributed by atoms with van der Waals surface area (Å²) in [4.78, 5) is 12.7. The van der Waals surface area contributed by atoms with E-state index in [1.165, 1.54) is 36.3 Å². The van der Waals surface area contributed by atoms with Gasteiger partial charge in [-0.3, -0.25) is 0 Å². The number of fused-ring (bicyclic) bond motifs is 2. The Labute approximate surface area is 178 Å². The maximum atomic E-state index is 12.7. The summed E-state index contributed by atoms with van der Waals surface area (Å²) < 4.78 is 4.97. The van der Waals surface area contributed by atoms with E-state index >= 15 is 0 Å². The number of aldehydes is 1. The summed E-state index contributed by atoms with van der Waals surface area (Å²) in [5.74, 6) is 1.20. The van der Waals surface area contributed by atoms with Gasteiger partial charge in [-0.25, -0.2) is 0 Å². The second-order valence-corrected chi connectivity index (χ2v) is 20.5. The number of benzene rings is 3. The molecule has 0 spiro atoms. The Kier molecular flexibility index (Phi) is 4.90. The first-order valence-electron chi connectivity index (χ1n) is 10.8. The molecule has 0 radical (unpaired) electrons. The van der Waals surface area contributed by atoms with E-state index in [1.54, 1.807) is 0 Å². The predicted molar refractivity (Wildman–Crippen MR) is 123 cm³/mol. The Morgan fingerprint density at radius 2 is 1.21 bits per heavy atom. The maximum absolute atomic E-state index is 12.7. The van der Waals surface area contributed by atoms with Crippen LogP contribution in [0.15, 0.2) is 91.0 Å². The van der Waals surface area contributed by atoms with E-state index in [-0.39, 0.29) is 5.41 Å². The molecule has 5 rings (SSSR count). The molecule has 0 aliphatic heterocycles. The van der Waals surface area contributed by atoms with Crippen molar-refractivity contribution in [2.45, 2.75) is 30.1 Å². The average Bonchev–Trinajstić information content (AvgIpc) is 3.38. The average molecular weight is 487 g/mol. The monoisotopic (exact) mass is 488 g/mol. The van der Waals surface area contributed by atoms with Crippen LogP contribution in [0, 0.1) is 17.3 Å². The molecule has 0 aromatic heterocycles. The molecule has 3 aromatic carbocycles.